The van der Waals surface area contributed by atoms with E-state index in [2.05, 4.69) is 6.92 Å². The maximum Gasteiger partial charge on any atom is 0.227 e. The van der Waals surface area contributed by atoms with Crippen LogP contribution in [0.1, 0.15) is 18.9 Å². The second kappa shape index (κ2) is 7.34. The topological polar surface area (TPSA) is 55.6 Å². The van der Waals surface area contributed by atoms with Gasteiger partial charge < -0.3 is 15.4 Å². The van der Waals surface area contributed by atoms with Gasteiger partial charge in [0.25, 0.3) is 0 Å². The van der Waals surface area contributed by atoms with Crippen molar-refractivity contribution in [2.75, 3.05) is 26.7 Å². The second-order valence-corrected chi connectivity index (χ2v) is 6.15. The van der Waals surface area contributed by atoms with E-state index in [4.69, 9.17) is 22.1 Å². The molecule has 6 heteroatoms. The summed E-state index contributed by atoms with van der Waals surface area (Å²) in [5.41, 5.74) is 6.65. The molecular weight excluding hydrogens is 311 g/mol. The Labute approximate surface area is 137 Å². The van der Waals surface area contributed by atoms with Crippen LogP contribution in [0.5, 0.6) is 5.75 Å². The Kier molecular flexibility index (Phi) is 6.32. The molecule has 21 heavy (non-hydrogen) atoms. The molecule has 0 saturated carbocycles. The summed E-state index contributed by atoms with van der Waals surface area (Å²) in [4.78, 5) is 14.3. The van der Waals surface area contributed by atoms with E-state index in [1.165, 1.54) is 0 Å². The van der Waals surface area contributed by atoms with Crippen LogP contribution in [0, 0.1) is 5.41 Å². The van der Waals surface area contributed by atoms with Crippen molar-refractivity contribution >= 4 is 29.9 Å². The van der Waals surface area contributed by atoms with Gasteiger partial charge in [-0.05, 0) is 36.6 Å². The molecule has 2 rings (SSSR count). The standard InChI is InChI=1S/C15H21ClN2O2.ClH/c1-15(9-17)5-6-18(10-15)14(19)8-11-7-12(16)3-4-13(11)20-2;/h3-4,7H,5-6,8-10,17H2,1-2H3;1H. The highest BCUT2D eigenvalue weighted by Crippen LogP contribution is 2.30. The Bertz CT molecular complexity index is 510. The molecule has 118 valence electrons. The van der Waals surface area contributed by atoms with Gasteiger partial charge in [0.1, 0.15) is 5.75 Å². The summed E-state index contributed by atoms with van der Waals surface area (Å²) in [6, 6.07) is 5.34. The first kappa shape index (κ1) is 18.1. The zero-order chi connectivity index (χ0) is 14.8. The fraction of sp³-hybridized carbons (Fsp3) is 0.533. The summed E-state index contributed by atoms with van der Waals surface area (Å²) in [5, 5.41) is 0.613. The van der Waals surface area contributed by atoms with E-state index in [0.717, 1.165) is 25.1 Å². The van der Waals surface area contributed by atoms with Gasteiger partial charge in [0.05, 0.1) is 13.5 Å². The minimum absolute atomic E-state index is 0. The van der Waals surface area contributed by atoms with Crippen molar-refractivity contribution in [2.24, 2.45) is 11.1 Å². The fourth-order valence-corrected chi connectivity index (χ4v) is 2.76. The summed E-state index contributed by atoms with van der Waals surface area (Å²) >= 11 is 5.99. The normalized spacial score (nSPS) is 21.0. The third-order valence-corrected chi connectivity index (χ3v) is 4.22. The van der Waals surface area contributed by atoms with E-state index in [9.17, 15) is 4.79 Å². The quantitative estimate of drug-likeness (QED) is 0.921. The number of benzene rings is 1. The van der Waals surface area contributed by atoms with E-state index in [0.29, 0.717) is 23.7 Å². The molecule has 0 radical (unpaired) electrons. The lowest BCUT2D eigenvalue weighted by Crippen LogP contribution is -2.35. The number of hydrogen-bond acceptors (Lipinski definition) is 3. The van der Waals surface area contributed by atoms with Gasteiger partial charge >= 0.3 is 0 Å². The predicted octanol–water partition coefficient (Wildman–Crippen LogP) is 2.51. The zero-order valence-corrected chi connectivity index (χ0v) is 14.0. The number of amides is 1. The van der Waals surface area contributed by atoms with Crippen LogP contribution in [0.3, 0.4) is 0 Å². The number of carbonyl (C=O) groups excluding carboxylic acids is 1. The number of carbonyl (C=O) groups is 1. The molecule has 1 aromatic rings. The Hall–Kier alpha value is -0.970. The first-order valence-electron chi connectivity index (χ1n) is 6.78. The molecule has 0 aromatic heterocycles. The molecule has 1 unspecified atom stereocenters. The lowest BCUT2D eigenvalue weighted by molar-refractivity contribution is -0.129. The van der Waals surface area contributed by atoms with Crippen LogP contribution in [-0.2, 0) is 11.2 Å². The highest BCUT2D eigenvalue weighted by atomic mass is 35.5. The van der Waals surface area contributed by atoms with Gasteiger partial charge in [-0.25, -0.2) is 0 Å². The van der Waals surface area contributed by atoms with Crippen LogP contribution < -0.4 is 10.5 Å². The molecule has 0 spiro atoms. The number of halogens is 2. The van der Waals surface area contributed by atoms with Crippen molar-refractivity contribution in [3.63, 3.8) is 0 Å². The van der Waals surface area contributed by atoms with E-state index < -0.39 is 0 Å². The van der Waals surface area contributed by atoms with Crippen molar-refractivity contribution in [1.82, 2.24) is 4.90 Å². The van der Waals surface area contributed by atoms with Gasteiger partial charge in [-0.3, -0.25) is 4.79 Å². The molecule has 0 bridgehead atoms. The fourth-order valence-electron chi connectivity index (χ4n) is 2.56. The smallest absolute Gasteiger partial charge is 0.227 e. The van der Waals surface area contributed by atoms with Crippen LogP contribution in [0.25, 0.3) is 0 Å². The van der Waals surface area contributed by atoms with Crippen molar-refractivity contribution in [2.45, 2.75) is 19.8 Å². The Balaban J connectivity index is 0.00000220. The van der Waals surface area contributed by atoms with Crippen LogP contribution in [-0.4, -0.2) is 37.6 Å². The third-order valence-electron chi connectivity index (χ3n) is 3.99. The first-order chi connectivity index (χ1) is 9.47. The molecule has 1 amide bonds. The lowest BCUT2D eigenvalue weighted by atomic mass is 9.90. The molecule has 1 fully saturated rings. The van der Waals surface area contributed by atoms with Gasteiger partial charge in [0.15, 0.2) is 0 Å². The minimum atomic E-state index is 0. The summed E-state index contributed by atoms with van der Waals surface area (Å²) in [5.74, 6) is 0.797. The lowest BCUT2D eigenvalue weighted by Gasteiger charge is -2.22. The SMILES string of the molecule is COc1ccc(Cl)cc1CC(=O)N1CCC(C)(CN)C1.Cl. The van der Waals surface area contributed by atoms with E-state index >= 15 is 0 Å². The number of rotatable bonds is 4. The average molecular weight is 333 g/mol. The molecule has 0 aliphatic carbocycles. The average Bonchev–Trinajstić information content (AvgIpc) is 2.83. The number of nitrogens with two attached hydrogens (primary N) is 1. The Morgan fingerprint density at radius 2 is 2.24 bits per heavy atom. The number of nitrogens with zero attached hydrogens (tertiary/aromatic N) is 1. The van der Waals surface area contributed by atoms with E-state index in [1.54, 1.807) is 25.3 Å². The zero-order valence-electron chi connectivity index (χ0n) is 12.4. The Morgan fingerprint density at radius 1 is 1.52 bits per heavy atom. The third kappa shape index (κ3) is 4.25. The van der Waals surface area contributed by atoms with Gasteiger partial charge in [-0.15, -0.1) is 12.4 Å². The van der Waals surface area contributed by atoms with Gasteiger partial charge in [-0.1, -0.05) is 18.5 Å². The summed E-state index contributed by atoms with van der Waals surface area (Å²) in [6.45, 7) is 4.23. The van der Waals surface area contributed by atoms with Crippen molar-refractivity contribution in [3.05, 3.63) is 28.8 Å². The van der Waals surface area contributed by atoms with E-state index in [-0.39, 0.29) is 23.7 Å². The molecule has 1 heterocycles. The van der Waals surface area contributed by atoms with Gasteiger partial charge in [0, 0.05) is 23.7 Å². The van der Waals surface area contributed by atoms with Crippen molar-refractivity contribution in [3.8, 4) is 5.75 Å². The molecule has 1 aromatic carbocycles. The number of likely N-dealkylation sites (tertiary alicyclic amines) is 1. The Morgan fingerprint density at radius 3 is 2.81 bits per heavy atom. The number of methoxy groups -OCH3 is 1. The van der Waals surface area contributed by atoms with Crippen molar-refractivity contribution in [1.29, 1.82) is 0 Å². The maximum atomic E-state index is 12.4. The first-order valence-corrected chi connectivity index (χ1v) is 7.15. The highest BCUT2D eigenvalue weighted by Gasteiger charge is 2.34. The molecule has 2 N–H and O–H groups in total. The number of hydrogen-bond donors (Lipinski definition) is 1. The van der Waals surface area contributed by atoms with Crippen LogP contribution in [0.15, 0.2) is 18.2 Å². The largest absolute Gasteiger partial charge is 0.496 e. The predicted molar refractivity (Wildman–Crippen MR) is 87.3 cm³/mol. The van der Waals surface area contributed by atoms with Crippen LogP contribution in [0.4, 0.5) is 0 Å². The number of ether oxygens (including phenoxy) is 1. The van der Waals surface area contributed by atoms with Gasteiger partial charge in [0.2, 0.25) is 5.91 Å². The van der Waals surface area contributed by atoms with Crippen LogP contribution >= 0.6 is 24.0 Å². The van der Waals surface area contributed by atoms with Crippen LogP contribution in [0.2, 0.25) is 5.02 Å². The minimum Gasteiger partial charge on any atom is -0.496 e. The summed E-state index contributed by atoms with van der Waals surface area (Å²) < 4.78 is 5.28. The molecule has 1 atom stereocenters. The highest BCUT2D eigenvalue weighted by molar-refractivity contribution is 6.30. The summed E-state index contributed by atoms with van der Waals surface area (Å²) in [6.07, 6.45) is 1.27. The second-order valence-electron chi connectivity index (χ2n) is 5.71. The summed E-state index contributed by atoms with van der Waals surface area (Å²) in [7, 11) is 1.60. The molecule has 1 aliphatic rings. The maximum absolute atomic E-state index is 12.4. The molecule has 1 aliphatic heterocycles. The van der Waals surface area contributed by atoms with Gasteiger partial charge in [-0.2, -0.15) is 0 Å². The van der Waals surface area contributed by atoms with E-state index in [1.807, 2.05) is 4.90 Å². The molecular formula is C15H22Cl2N2O2. The molecule has 1 saturated heterocycles. The molecule has 4 nitrogen and oxygen atoms in total. The monoisotopic (exact) mass is 332 g/mol. The van der Waals surface area contributed by atoms with Crippen molar-refractivity contribution < 1.29 is 9.53 Å².